The predicted molar refractivity (Wildman–Crippen MR) is 103 cm³/mol. The Balaban J connectivity index is 1.95. The zero-order chi connectivity index (χ0) is 18.5. The highest BCUT2D eigenvalue weighted by molar-refractivity contribution is 6.07. The number of carbonyl (C=O) groups excluding carboxylic acids is 1. The number of nitrogens with zero attached hydrogens (tertiary/aromatic N) is 2. The fourth-order valence-electron chi connectivity index (χ4n) is 4.14. The first-order valence-corrected chi connectivity index (χ1v) is 9.81. The molecule has 5 heteroatoms. The van der Waals surface area contributed by atoms with Crippen LogP contribution in [0.2, 0.25) is 0 Å². The Bertz CT molecular complexity index is 671. The average Bonchev–Trinajstić information content (AvgIpc) is 2.69. The van der Waals surface area contributed by atoms with Gasteiger partial charge in [-0.2, -0.15) is 5.10 Å². The van der Waals surface area contributed by atoms with Crippen molar-refractivity contribution in [3.63, 3.8) is 0 Å². The highest BCUT2D eigenvalue weighted by Crippen LogP contribution is 2.39. The third-order valence-corrected chi connectivity index (χ3v) is 5.57. The second kappa shape index (κ2) is 8.56. The Morgan fingerprint density at radius 2 is 1.81 bits per heavy atom. The van der Waals surface area contributed by atoms with Crippen molar-refractivity contribution < 1.29 is 14.3 Å². The lowest BCUT2D eigenvalue weighted by molar-refractivity contribution is -0.139. The van der Waals surface area contributed by atoms with E-state index in [1.807, 2.05) is 18.2 Å². The maximum absolute atomic E-state index is 12.9. The van der Waals surface area contributed by atoms with Gasteiger partial charge >= 0.3 is 0 Å². The summed E-state index contributed by atoms with van der Waals surface area (Å²) in [4.78, 5) is 12.9. The standard InChI is InChI=1S/C21H30N2O3/c1-4-5-8-13-23-21(24)17-10-7-6-9-16(17)20(22-23)15-11-12-18(25-2)19(14-15)26-3/h11-12,14,16-17H,4-10,13H2,1-3H3. The molecule has 2 aliphatic rings. The normalized spacial score (nSPS) is 22.7. The Kier molecular flexibility index (Phi) is 6.17. The van der Waals surface area contributed by atoms with Gasteiger partial charge in [0.1, 0.15) is 0 Å². The third-order valence-electron chi connectivity index (χ3n) is 5.57. The van der Waals surface area contributed by atoms with Crippen molar-refractivity contribution in [2.24, 2.45) is 16.9 Å². The Hall–Kier alpha value is -2.04. The number of ether oxygens (including phenoxy) is 2. The topological polar surface area (TPSA) is 51.1 Å². The van der Waals surface area contributed by atoms with Crippen LogP contribution in [0.25, 0.3) is 0 Å². The number of amides is 1. The highest BCUT2D eigenvalue weighted by Gasteiger charge is 2.41. The number of benzene rings is 1. The molecule has 0 bridgehead atoms. The smallest absolute Gasteiger partial charge is 0.246 e. The molecule has 1 aliphatic carbocycles. The van der Waals surface area contributed by atoms with Gasteiger partial charge in [-0.15, -0.1) is 0 Å². The SMILES string of the molecule is CCCCCN1N=C(c2ccc(OC)c(OC)c2)C2CCCCC2C1=O. The van der Waals surface area contributed by atoms with Gasteiger partial charge < -0.3 is 9.47 Å². The summed E-state index contributed by atoms with van der Waals surface area (Å²) in [5.41, 5.74) is 2.07. The number of hydrogen-bond donors (Lipinski definition) is 0. The van der Waals surface area contributed by atoms with Gasteiger partial charge in [0.05, 0.1) is 19.9 Å². The van der Waals surface area contributed by atoms with E-state index in [0.29, 0.717) is 18.0 Å². The van der Waals surface area contributed by atoms with Gasteiger partial charge in [-0.05, 0) is 37.5 Å². The molecule has 1 heterocycles. The first kappa shape index (κ1) is 18.7. The molecule has 1 aromatic carbocycles. The van der Waals surface area contributed by atoms with Gasteiger partial charge in [-0.3, -0.25) is 4.79 Å². The van der Waals surface area contributed by atoms with E-state index in [1.54, 1.807) is 19.2 Å². The van der Waals surface area contributed by atoms with Gasteiger partial charge in [-0.25, -0.2) is 5.01 Å². The van der Waals surface area contributed by atoms with E-state index >= 15 is 0 Å². The minimum Gasteiger partial charge on any atom is -0.493 e. The van der Waals surface area contributed by atoms with Crippen molar-refractivity contribution in [3.8, 4) is 11.5 Å². The van der Waals surface area contributed by atoms with Crippen LogP contribution in [0.5, 0.6) is 11.5 Å². The van der Waals surface area contributed by atoms with Gasteiger partial charge in [-0.1, -0.05) is 32.6 Å². The quantitative estimate of drug-likeness (QED) is 0.685. The molecule has 26 heavy (non-hydrogen) atoms. The zero-order valence-corrected chi connectivity index (χ0v) is 16.2. The van der Waals surface area contributed by atoms with Crippen LogP contribution in [0.3, 0.4) is 0 Å². The molecular weight excluding hydrogens is 328 g/mol. The maximum Gasteiger partial charge on any atom is 0.246 e. The molecule has 1 aliphatic heterocycles. The average molecular weight is 358 g/mol. The number of fused-ring (bicyclic) bond motifs is 1. The molecule has 3 rings (SSSR count). The lowest BCUT2D eigenvalue weighted by atomic mass is 9.73. The van der Waals surface area contributed by atoms with Gasteiger partial charge in [0, 0.05) is 23.9 Å². The molecule has 2 unspecified atom stereocenters. The minimum absolute atomic E-state index is 0.0750. The Labute approximate surface area is 156 Å². The van der Waals surface area contributed by atoms with Gasteiger partial charge in [0.15, 0.2) is 11.5 Å². The fraction of sp³-hybridized carbons (Fsp3) is 0.619. The number of carbonyl (C=O) groups is 1. The zero-order valence-electron chi connectivity index (χ0n) is 16.2. The predicted octanol–water partition coefficient (Wildman–Crippen LogP) is 4.25. The second-order valence-corrected chi connectivity index (χ2v) is 7.22. The fourth-order valence-corrected chi connectivity index (χ4v) is 4.14. The van der Waals surface area contributed by atoms with E-state index in [2.05, 4.69) is 6.92 Å². The first-order chi connectivity index (χ1) is 12.7. The van der Waals surface area contributed by atoms with Crippen molar-refractivity contribution in [2.75, 3.05) is 20.8 Å². The van der Waals surface area contributed by atoms with E-state index in [9.17, 15) is 4.79 Å². The molecule has 5 nitrogen and oxygen atoms in total. The lowest BCUT2D eigenvalue weighted by Crippen LogP contribution is -2.46. The van der Waals surface area contributed by atoms with E-state index in [0.717, 1.165) is 56.2 Å². The molecule has 1 amide bonds. The van der Waals surface area contributed by atoms with E-state index < -0.39 is 0 Å². The van der Waals surface area contributed by atoms with Crippen molar-refractivity contribution >= 4 is 11.6 Å². The van der Waals surface area contributed by atoms with Crippen LogP contribution in [0.4, 0.5) is 0 Å². The van der Waals surface area contributed by atoms with Crippen LogP contribution >= 0.6 is 0 Å². The highest BCUT2D eigenvalue weighted by atomic mass is 16.5. The number of methoxy groups -OCH3 is 2. The van der Waals surface area contributed by atoms with E-state index in [4.69, 9.17) is 14.6 Å². The largest absolute Gasteiger partial charge is 0.493 e. The monoisotopic (exact) mass is 358 g/mol. The third kappa shape index (κ3) is 3.71. The second-order valence-electron chi connectivity index (χ2n) is 7.22. The summed E-state index contributed by atoms with van der Waals surface area (Å²) in [5, 5.41) is 6.55. The van der Waals surface area contributed by atoms with Crippen LogP contribution in [0.15, 0.2) is 23.3 Å². The Morgan fingerprint density at radius 3 is 2.50 bits per heavy atom. The summed E-state index contributed by atoms with van der Waals surface area (Å²) >= 11 is 0. The molecule has 0 N–H and O–H groups in total. The van der Waals surface area contributed by atoms with Crippen LogP contribution in [-0.2, 0) is 4.79 Å². The number of hydrogen-bond acceptors (Lipinski definition) is 4. The number of unbranched alkanes of at least 4 members (excludes halogenated alkanes) is 2. The maximum atomic E-state index is 12.9. The molecule has 1 aromatic rings. The van der Waals surface area contributed by atoms with Crippen molar-refractivity contribution in [2.45, 2.75) is 51.9 Å². The molecule has 2 atom stereocenters. The first-order valence-electron chi connectivity index (χ1n) is 9.81. The molecular formula is C21H30N2O3. The summed E-state index contributed by atoms with van der Waals surface area (Å²) in [6.07, 6.45) is 7.57. The van der Waals surface area contributed by atoms with E-state index in [-0.39, 0.29) is 17.7 Å². The van der Waals surface area contributed by atoms with Gasteiger partial charge in [0.25, 0.3) is 0 Å². The van der Waals surface area contributed by atoms with Crippen LogP contribution in [0, 0.1) is 11.8 Å². The molecule has 0 aromatic heterocycles. The molecule has 142 valence electrons. The van der Waals surface area contributed by atoms with Gasteiger partial charge in [0.2, 0.25) is 5.91 Å². The Morgan fingerprint density at radius 1 is 1.08 bits per heavy atom. The summed E-state index contributed by atoms with van der Waals surface area (Å²) < 4.78 is 10.8. The van der Waals surface area contributed by atoms with Crippen molar-refractivity contribution in [3.05, 3.63) is 23.8 Å². The van der Waals surface area contributed by atoms with Crippen molar-refractivity contribution in [1.82, 2.24) is 5.01 Å². The number of hydrazone groups is 1. The lowest BCUT2D eigenvalue weighted by Gasteiger charge is -2.38. The molecule has 0 saturated heterocycles. The summed E-state index contributed by atoms with van der Waals surface area (Å²) in [6, 6.07) is 5.95. The van der Waals surface area contributed by atoms with Crippen LogP contribution < -0.4 is 9.47 Å². The molecule has 1 fully saturated rings. The van der Waals surface area contributed by atoms with Crippen molar-refractivity contribution in [1.29, 1.82) is 0 Å². The minimum atomic E-state index is 0.0750. The van der Waals surface area contributed by atoms with E-state index in [1.165, 1.54) is 0 Å². The molecule has 0 radical (unpaired) electrons. The van der Waals surface area contributed by atoms with Crippen LogP contribution in [0.1, 0.15) is 57.4 Å². The molecule has 1 saturated carbocycles. The summed E-state index contributed by atoms with van der Waals surface area (Å²) in [6.45, 7) is 2.89. The number of rotatable bonds is 7. The molecule has 0 spiro atoms. The summed E-state index contributed by atoms with van der Waals surface area (Å²) in [7, 11) is 3.29. The van der Waals surface area contributed by atoms with Crippen LogP contribution in [-0.4, -0.2) is 37.4 Å². The summed E-state index contributed by atoms with van der Waals surface area (Å²) in [5.74, 6) is 1.93.